The number of carbonyl (C=O) groups excluding carboxylic acids is 1. The number of nitrogens with one attached hydrogen (secondary N) is 1. The fourth-order valence-corrected chi connectivity index (χ4v) is 2.52. The average molecular weight is 272 g/mol. The largest absolute Gasteiger partial charge is 0.393 e. The predicted octanol–water partition coefficient (Wildman–Crippen LogP) is 1.60. The number of ether oxygens (including phenoxy) is 1. The molecule has 0 radical (unpaired) electrons. The first-order valence-corrected chi connectivity index (χ1v) is 7.23. The molecule has 3 atom stereocenters. The summed E-state index contributed by atoms with van der Waals surface area (Å²) in [5.74, 6) is 0.221. The Hall–Kier alpha value is -0.810. The molecule has 1 rings (SSSR count). The van der Waals surface area contributed by atoms with E-state index >= 15 is 0 Å². The summed E-state index contributed by atoms with van der Waals surface area (Å²) in [5.41, 5.74) is 0. The lowest BCUT2D eigenvalue weighted by atomic mass is 9.86. The van der Waals surface area contributed by atoms with Gasteiger partial charge < -0.3 is 20.1 Å². The normalized spacial score (nSPS) is 24.8. The van der Waals surface area contributed by atoms with Crippen molar-refractivity contribution in [3.8, 4) is 0 Å². The van der Waals surface area contributed by atoms with Gasteiger partial charge in [-0.25, -0.2) is 4.79 Å². The van der Waals surface area contributed by atoms with Crippen molar-refractivity contribution >= 4 is 6.03 Å². The second-order valence-corrected chi connectivity index (χ2v) is 5.62. The van der Waals surface area contributed by atoms with Crippen LogP contribution < -0.4 is 5.32 Å². The van der Waals surface area contributed by atoms with E-state index in [9.17, 15) is 9.90 Å². The smallest absolute Gasteiger partial charge is 0.317 e. The van der Waals surface area contributed by atoms with Crippen LogP contribution in [0.4, 0.5) is 4.79 Å². The number of rotatable bonds is 6. The van der Waals surface area contributed by atoms with Gasteiger partial charge in [-0.1, -0.05) is 12.8 Å². The van der Waals surface area contributed by atoms with Crippen LogP contribution in [0.3, 0.4) is 0 Å². The number of aliphatic hydroxyl groups is 1. The highest BCUT2D eigenvalue weighted by Gasteiger charge is 2.25. The minimum absolute atomic E-state index is 0.0682. The topological polar surface area (TPSA) is 61.8 Å². The highest BCUT2D eigenvalue weighted by Crippen LogP contribution is 2.24. The molecule has 0 aromatic carbocycles. The lowest BCUT2D eigenvalue weighted by molar-refractivity contribution is 0.0562. The second-order valence-electron chi connectivity index (χ2n) is 5.62. The zero-order valence-electron chi connectivity index (χ0n) is 12.4. The van der Waals surface area contributed by atoms with E-state index in [0.717, 1.165) is 32.1 Å². The van der Waals surface area contributed by atoms with E-state index < -0.39 is 0 Å². The molecule has 0 aliphatic heterocycles. The Morgan fingerprint density at radius 1 is 1.47 bits per heavy atom. The van der Waals surface area contributed by atoms with Crippen LogP contribution in [0.2, 0.25) is 0 Å². The fourth-order valence-electron chi connectivity index (χ4n) is 2.52. The number of hydrogen-bond acceptors (Lipinski definition) is 3. The maximum absolute atomic E-state index is 12.0. The molecule has 5 heteroatoms. The summed E-state index contributed by atoms with van der Waals surface area (Å²) in [7, 11) is 3.45. The number of methoxy groups -OCH3 is 1. The quantitative estimate of drug-likeness (QED) is 0.772. The Balaban J connectivity index is 2.31. The standard InChI is InChI=1S/C14H28N2O3/c1-11(8-9-19-3)15-14(18)16(2)10-12-6-4-5-7-13(12)17/h11-13,17H,4-10H2,1-3H3,(H,15,18)/t11-,12-,13-/m0/s1. The molecule has 19 heavy (non-hydrogen) atoms. The van der Waals surface area contributed by atoms with Gasteiger partial charge in [0.1, 0.15) is 0 Å². The van der Waals surface area contributed by atoms with Crippen LogP contribution in [0.25, 0.3) is 0 Å². The Labute approximate surface area is 116 Å². The van der Waals surface area contributed by atoms with E-state index in [2.05, 4.69) is 5.32 Å². The molecule has 0 aromatic rings. The molecule has 0 spiro atoms. The van der Waals surface area contributed by atoms with Gasteiger partial charge in [-0.15, -0.1) is 0 Å². The van der Waals surface area contributed by atoms with Crippen molar-refractivity contribution in [3.63, 3.8) is 0 Å². The van der Waals surface area contributed by atoms with Crippen molar-refractivity contribution in [3.05, 3.63) is 0 Å². The maximum Gasteiger partial charge on any atom is 0.317 e. The molecule has 1 aliphatic carbocycles. The molecular weight excluding hydrogens is 244 g/mol. The minimum Gasteiger partial charge on any atom is -0.393 e. The van der Waals surface area contributed by atoms with E-state index in [-0.39, 0.29) is 24.1 Å². The molecule has 0 aromatic heterocycles. The van der Waals surface area contributed by atoms with Crippen LogP contribution >= 0.6 is 0 Å². The fraction of sp³-hybridized carbons (Fsp3) is 0.929. The van der Waals surface area contributed by atoms with Gasteiger partial charge in [-0.3, -0.25) is 0 Å². The van der Waals surface area contributed by atoms with Gasteiger partial charge in [0.2, 0.25) is 0 Å². The van der Waals surface area contributed by atoms with E-state index in [1.165, 1.54) is 0 Å². The summed E-state index contributed by atoms with van der Waals surface area (Å²) in [6.07, 6.45) is 4.68. The van der Waals surface area contributed by atoms with Gasteiger partial charge in [0.25, 0.3) is 0 Å². The Morgan fingerprint density at radius 3 is 2.79 bits per heavy atom. The Morgan fingerprint density at radius 2 is 2.16 bits per heavy atom. The molecule has 0 bridgehead atoms. The van der Waals surface area contributed by atoms with Crippen molar-refractivity contribution < 1.29 is 14.6 Å². The summed E-state index contributed by atoms with van der Waals surface area (Å²) in [5, 5.41) is 12.9. The van der Waals surface area contributed by atoms with Gasteiger partial charge in [-0.05, 0) is 26.2 Å². The highest BCUT2D eigenvalue weighted by molar-refractivity contribution is 5.74. The van der Waals surface area contributed by atoms with E-state index in [4.69, 9.17) is 4.74 Å². The first kappa shape index (κ1) is 16.2. The van der Waals surface area contributed by atoms with Crippen molar-refractivity contribution in [1.82, 2.24) is 10.2 Å². The molecule has 2 N–H and O–H groups in total. The van der Waals surface area contributed by atoms with Crippen LogP contribution in [-0.2, 0) is 4.74 Å². The van der Waals surface area contributed by atoms with E-state index in [1.807, 2.05) is 6.92 Å². The molecule has 1 fully saturated rings. The van der Waals surface area contributed by atoms with Crippen molar-refractivity contribution in [1.29, 1.82) is 0 Å². The van der Waals surface area contributed by atoms with Gasteiger partial charge in [0, 0.05) is 39.3 Å². The van der Waals surface area contributed by atoms with Crippen molar-refractivity contribution in [2.24, 2.45) is 5.92 Å². The number of nitrogens with zero attached hydrogens (tertiary/aromatic N) is 1. The van der Waals surface area contributed by atoms with Gasteiger partial charge in [-0.2, -0.15) is 0 Å². The Kier molecular flexibility index (Phi) is 7.16. The maximum atomic E-state index is 12.0. The summed E-state index contributed by atoms with van der Waals surface area (Å²) < 4.78 is 4.99. The molecule has 2 amide bonds. The number of aliphatic hydroxyl groups excluding tert-OH is 1. The molecule has 1 aliphatic rings. The molecule has 1 saturated carbocycles. The molecule has 112 valence electrons. The number of hydrogen-bond donors (Lipinski definition) is 2. The molecule has 0 heterocycles. The highest BCUT2D eigenvalue weighted by atomic mass is 16.5. The van der Waals surface area contributed by atoms with Crippen LogP contribution in [0, 0.1) is 5.92 Å². The predicted molar refractivity (Wildman–Crippen MR) is 75.1 cm³/mol. The summed E-state index contributed by atoms with van der Waals surface area (Å²) in [4.78, 5) is 13.7. The van der Waals surface area contributed by atoms with Gasteiger partial charge in [0.15, 0.2) is 0 Å². The minimum atomic E-state index is -0.255. The van der Waals surface area contributed by atoms with Crippen molar-refractivity contribution in [2.45, 2.75) is 51.2 Å². The monoisotopic (exact) mass is 272 g/mol. The molecule has 0 saturated heterocycles. The third kappa shape index (κ3) is 5.78. The zero-order valence-corrected chi connectivity index (χ0v) is 12.4. The number of amides is 2. The van der Waals surface area contributed by atoms with Gasteiger partial charge >= 0.3 is 6.03 Å². The van der Waals surface area contributed by atoms with Crippen LogP contribution in [0.1, 0.15) is 39.0 Å². The lowest BCUT2D eigenvalue weighted by Crippen LogP contribution is -2.45. The van der Waals surface area contributed by atoms with E-state index in [1.54, 1.807) is 19.1 Å². The summed E-state index contributed by atoms with van der Waals surface area (Å²) in [6.45, 7) is 3.25. The zero-order chi connectivity index (χ0) is 14.3. The Bertz CT molecular complexity index is 273. The van der Waals surface area contributed by atoms with Crippen LogP contribution in [0.15, 0.2) is 0 Å². The molecule has 0 unspecified atom stereocenters. The lowest BCUT2D eigenvalue weighted by Gasteiger charge is -2.31. The van der Waals surface area contributed by atoms with E-state index in [0.29, 0.717) is 13.2 Å². The second kappa shape index (κ2) is 8.38. The average Bonchev–Trinajstić information content (AvgIpc) is 2.38. The molecule has 5 nitrogen and oxygen atoms in total. The first-order valence-electron chi connectivity index (χ1n) is 7.23. The molecular formula is C14H28N2O3. The number of carbonyl (C=O) groups is 1. The third-order valence-corrected chi connectivity index (χ3v) is 3.85. The van der Waals surface area contributed by atoms with Crippen LogP contribution in [-0.4, -0.2) is 55.5 Å². The van der Waals surface area contributed by atoms with Gasteiger partial charge in [0.05, 0.1) is 6.10 Å². The third-order valence-electron chi connectivity index (χ3n) is 3.85. The summed E-state index contributed by atoms with van der Waals surface area (Å²) in [6, 6.07) is 0.0348. The van der Waals surface area contributed by atoms with Crippen molar-refractivity contribution in [2.75, 3.05) is 27.3 Å². The summed E-state index contributed by atoms with van der Waals surface area (Å²) >= 11 is 0. The van der Waals surface area contributed by atoms with Crippen LogP contribution in [0.5, 0.6) is 0 Å². The number of urea groups is 1. The first-order chi connectivity index (χ1) is 9.04. The SMILES string of the molecule is COCC[C@H](C)NC(=O)N(C)C[C@@H]1CCCC[C@@H]1O.